The summed E-state index contributed by atoms with van der Waals surface area (Å²) < 4.78 is 18.4. The number of methoxy groups -OCH3 is 1. The number of benzene rings is 1. The van der Waals surface area contributed by atoms with Crippen molar-refractivity contribution in [3.63, 3.8) is 0 Å². The second-order valence-electron chi connectivity index (χ2n) is 4.51. The molecule has 0 saturated carbocycles. The first-order chi connectivity index (χ1) is 10.0. The van der Waals surface area contributed by atoms with E-state index in [1.807, 2.05) is 19.1 Å². The Balaban J connectivity index is 2.02. The fourth-order valence-electron chi connectivity index (χ4n) is 1.88. The Morgan fingerprint density at radius 1 is 1.43 bits per heavy atom. The first kappa shape index (κ1) is 15.9. The second-order valence-corrected chi connectivity index (χ2v) is 6.23. The monoisotopic (exact) mass is 327 g/mol. The van der Waals surface area contributed by atoms with E-state index >= 15 is 0 Å². The van der Waals surface area contributed by atoms with E-state index in [9.17, 15) is 9.18 Å². The van der Waals surface area contributed by atoms with Crippen LogP contribution in [0.1, 0.15) is 26.2 Å². The number of carbonyl (C=O) groups is 1. The number of carbonyl (C=O) groups excluding carboxylic acids is 1. The molecule has 0 aliphatic carbocycles. The third-order valence-electron chi connectivity index (χ3n) is 2.99. The van der Waals surface area contributed by atoms with Gasteiger partial charge in [0, 0.05) is 23.4 Å². The molecular weight excluding hydrogens is 313 g/mol. The quantitative estimate of drug-likeness (QED) is 0.902. The first-order valence-corrected chi connectivity index (χ1v) is 7.53. The van der Waals surface area contributed by atoms with Crippen molar-refractivity contribution in [2.45, 2.75) is 13.0 Å². The topological polar surface area (TPSA) is 38.3 Å². The van der Waals surface area contributed by atoms with Crippen LogP contribution in [0.4, 0.5) is 4.39 Å². The number of hydrogen-bond donors (Lipinski definition) is 1. The molecule has 1 N–H and O–H groups in total. The van der Waals surface area contributed by atoms with E-state index in [0.717, 1.165) is 10.9 Å². The molecule has 0 aliphatic heterocycles. The summed E-state index contributed by atoms with van der Waals surface area (Å²) in [5.41, 5.74) is 0.246. The minimum atomic E-state index is -0.472. The maximum Gasteiger partial charge on any atom is 0.252 e. The Morgan fingerprint density at radius 3 is 2.76 bits per heavy atom. The number of thiophene rings is 1. The zero-order chi connectivity index (χ0) is 15.4. The molecular formula is C15H15ClFNO2S. The fourth-order valence-corrected chi connectivity index (χ4v) is 3.09. The fraction of sp³-hybridized carbons (Fsp3) is 0.267. The number of halogens is 2. The molecule has 0 aliphatic rings. The van der Waals surface area contributed by atoms with Gasteiger partial charge in [-0.25, -0.2) is 4.39 Å². The molecule has 1 heterocycles. The van der Waals surface area contributed by atoms with Crippen LogP contribution in [0.3, 0.4) is 0 Å². The third-order valence-corrected chi connectivity index (χ3v) is 4.39. The van der Waals surface area contributed by atoms with Crippen molar-refractivity contribution in [3.8, 4) is 0 Å². The standard InChI is InChI=1S/C15H15ClFNO2S/c1-9-3-6-14(21-9)13(20-2)8-18-15(19)11-5-4-10(17)7-12(11)16/h3-7,13H,8H2,1-2H3,(H,18,19). The lowest BCUT2D eigenvalue weighted by atomic mass is 10.2. The van der Waals surface area contributed by atoms with Gasteiger partial charge in [-0.1, -0.05) is 11.6 Å². The Bertz CT molecular complexity index is 644. The minimum absolute atomic E-state index is 0.0911. The van der Waals surface area contributed by atoms with E-state index in [4.69, 9.17) is 16.3 Å². The Hall–Kier alpha value is -1.43. The number of nitrogens with one attached hydrogen (secondary N) is 1. The zero-order valence-electron chi connectivity index (χ0n) is 11.7. The number of hydrogen-bond acceptors (Lipinski definition) is 3. The summed E-state index contributed by atoms with van der Waals surface area (Å²) in [5.74, 6) is -0.823. The highest BCUT2D eigenvalue weighted by Crippen LogP contribution is 2.25. The molecule has 0 radical (unpaired) electrons. The van der Waals surface area contributed by atoms with Gasteiger partial charge in [-0.3, -0.25) is 4.79 Å². The lowest BCUT2D eigenvalue weighted by Crippen LogP contribution is -2.29. The highest BCUT2D eigenvalue weighted by atomic mass is 35.5. The molecule has 1 aromatic carbocycles. The summed E-state index contributed by atoms with van der Waals surface area (Å²) >= 11 is 7.48. The van der Waals surface area contributed by atoms with E-state index < -0.39 is 5.82 Å². The summed E-state index contributed by atoms with van der Waals surface area (Å²) in [4.78, 5) is 14.3. The van der Waals surface area contributed by atoms with Crippen molar-refractivity contribution < 1.29 is 13.9 Å². The number of ether oxygens (including phenoxy) is 1. The van der Waals surface area contributed by atoms with Crippen molar-refractivity contribution in [1.82, 2.24) is 5.32 Å². The molecule has 3 nitrogen and oxygen atoms in total. The van der Waals surface area contributed by atoms with Gasteiger partial charge in [0.2, 0.25) is 0 Å². The molecule has 6 heteroatoms. The molecule has 21 heavy (non-hydrogen) atoms. The van der Waals surface area contributed by atoms with Gasteiger partial charge in [-0.2, -0.15) is 0 Å². The van der Waals surface area contributed by atoms with Crippen LogP contribution in [-0.2, 0) is 4.74 Å². The number of amides is 1. The summed E-state index contributed by atoms with van der Waals surface area (Å²) in [5, 5.41) is 2.84. The maximum absolute atomic E-state index is 13.0. The van der Waals surface area contributed by atoms with Crippen molar-refractivity contribution in [1.29, 1.82) is 0 Å². The highest BCUT2D eigenvalue weighted by Gasteiger charge is 2.16. The Labute approximate surface area is 131 Å². The van der Waals surface area contributed by atoms with E-state index in [1.54, 1.807) is 18.4 Å². The van der Waals surface area contributed by atoms with E-state index in [2.05, 4.69) is 5.32 Å². The predicted molar refractivity (Wildman–Crippen MR) is 82.5 cm³/mol. The molecule has 1 aromatic heterocycles. The van der Waals surface area contributed by atoms with Gasteiger partial charge in [0.05, 0.1) is 10.6 Å². The number of rotatable bonds is 5. The van der Waals surface area contributed by atoms with Crippen molar-refractivity contribution >= 4 is 28.8 Å². The Morgan fingerprint density at radius 2 is 2.19 bits per heavy atom. The van der Waals surface area contributed by atoms with Crippen LogP contribution in [-0.4, -0.2) is 19.6 Å². The van der Waals surface area contributed by atoms with Gasteiger partial charge in [-0.05, 0) is 37.3 Å². The molecule has 0 saturated heterocycles. The summed E-state index contributed by atoms with van der Waals surface area (Å²) in [6.45, 7) is 2.33. The lowest BCUT2D eigenvalue weighted by Gasteiger charge is -2.15. The summed E-state index contributed by atoms with van der Waals surface area (Å²) in [6, 6.07) is 7.67. The molecule has 0 bridgehead atoms. The highest BCUT2D eigenvalue weighted by molar-refractivity contribution is 7.12. The third kappa shape index (κ3) is 4.03. The molecule has 1 unspecified atom stereocenters. The minimum Gasteiger partial charge on any atom is -0.374 e. The molecule has 0 fully saturated rings. The van der Waals surface area contributed by atoms with Crippen LogP contribution >= 0.6 is 22.9 Å². The van der Waals surface area contributed by atoms with Crippen molar-refractivity contribution in [2.75, 3.05) is 13.7 Å². The molecule has 1 amide bonds. The number of aryl methyl sites for hydroxylation is 1. The van der Waals surface area contributed by atoms with Crippen LogP contribution in [0.2, 0.25) is 5.02 Å². The molecule has 0 spiro atoms. The predicted octanol–water partition coefficient (Wildman–Crippen LogP) is 3.97. The lowest BCUT2D eigenvalue weighted by molar-refractivity contribution is 0.0838. The van der Waals surface area contributed by atoms with Crippen LogP contribution in [0.15, 0.2) is 30.3 Å². The molecule has 1 atom stereocenters. The largest absolute Gasteiger partial charge is 0.374 e. The van der Waals surface area contributed by atoms with Crippen LogP contribution < -0.4 is 5.32 Å². The second kappa shape index (κ2) is 7.02. The zero-order valence-corrected chi connectivity index (χ0v) is 13.2. The van der Waals surface area contributed by atoms with Gasteiger partial charge in [0.1, 0.15) is 11.9 Å². The summed E-state index contributed by atoms with van der Waals surface area (Å²) in [6.07, 6.45) is -0.216. The van der Waals surface area contributed by atoms with Crippen molar-refractivity contribution in [2.24, 2.45) is 0 Å². The maximum atomic E-state index is 13.0. The van der Waals surface area contributed by atoms with Crippen LogP contribution in [0, 0.1) is 12.7 Å². The summed E-state index contributed by atoms with van der Waals surface area (Å²) in [7, 11) is 1.59. The first-order valence-electron chi connectivity index (χ1n) is 6.33. The SMILES string of the molecule is COC(CNC(=O)c1ccc(F)cc1Cl)c1ccc(C)s1. The Kier molecular flexibility index (Phi) is 5.33. The smallest absolute Gasteiger partial charge is 0.252 e. The molecule has 2 rings (SSSR count). The van der Waals surface area contributed by atoms with E-state index in [1.165, 1.54) is 17.0 Å². The normalized spacial score (nSPS) is 12.2. The van der Waals surface area contributed by atoms with Gasteiger partial charge < -0.3 is 10.1 Å². The van der Waals surface area contributed by atoms with Gasteiger partial charge >= 0.3 is 0 Å². The average Bonchev–Trinajstić information content (AvgIpc) is 2.86. The van der Waals surface area contributed by atoms with Gasteiger partial charge in [0.15, 0.2) is 0 Å². The molecule has 2 aromatic rings. The van der Waals surface area contributed by atoms with E-state index in [-0.39, 0.29) is 22.6 Å². The van der Waals surface area contributed by atoms with E-state index in [0.29, 0.717) is 6.54 Å². The van der Waals surface area contributed by atoms with Crippen LogP contribution in [0.25, 0.3) is 0 Å². The van der Waals surface area contributed by atoms with Crippen LogP contribution in [0.5, 0.6) is 0 Å². The molecule has 112 valence electrons. The van der Waals surface area contributed by atoms with Crippen molar-refractivity contribution in [3.05, 3.63) is 56.5 Å². The average molecular weight is 328 g/mol. The van der Waals surface area contributed by atoms with Gasteiger partial charge in [0.25, 0.3) is 5.91 Å². The van der Waals surface area contributed by atoms with Gasteiger partial charge in [-0.15, -0.1) is 11.3 Å².